The van der Waals surface area contributed by atoms with Gasteiger partial charge >= 0.3 is 0 Å². The summed E-state index contributed by atoms with van der Waals surface area (Å²) < 4.78 is 7.37. The number of hydrogen-bond acceptors (Lipinski definition) is 2. The topological polar surface area (TPSA) is 29.5 Å². The van der Waals surface area contributed by atoms with Crippen LogP contribution in [0, 0.1) is 0 Å². The summed E-state index contributed by atoms with van der Waals surface area (Å²) in [7, 11) is 0. The van der Waals surface area contributed by atoms with Crippen molar-refractivity contribution in [3.8, 4) is 11.5 Å². The van der Waals surface area contributed by atoms with Gasteiger partial charge < -0.3 is 9.84 Å². The highest BCUT2D eigenvalue weighted by molar-refractivity contribution is 9.10. The molecule has 5 rings (SSSR count). The Balaban J connectivity index is 1.62. The fourth-order valence-corrected chi connectivity index (χ4v) is 5.25. The van der Waals surface area contributed by atoms with Gasteiger partial charge in [-0.25, -0.2) is 0 Å². The summed E-state index contributed by atoms with van der Waals surface area (Å²) in [4.78, 5) is 0. The summed E-state index contributed by atoms with van der Waals surface area (Å²) in [6.07, 6.45) is 6.51. The molecule has 3 aromatic carbocycles. The molecule has 0 amide bonds. The lowest BCUT2D eigenvalue weighted by Gasteiger charge is -2.28. The summed E-state index contributed by atoms with van der Waals surface area (Å²) in [5.41, 5.74) is 6.90. The number of aryl methyl sites for hydroxylation is 1. The van der Waals surface area contributed by atoms with Crippen LogP contribution < -0.4 is 4.74 Å². The molecular weight excluding hydrogens is 460 g/mol. The van der Waals surface area contributed by atoms with E-state index >= 15 is 0 Å². The first-order chi connectivity index (χ1) is 15.3. The van der Waals surface area contributed by atoms with Crippen LogP contribution in [-0.4, -0.2) is 5.11 Å². The smallest absolute Gasteiger partial charge is 0.131 e. The van der Waals surface area contributed by atoms with Gasteiger partial charge in [0, 0.05) is 27.1 Å². The van der Waals surface area contributed by atoms with E-state index in [1.54, 1.807) is 0 Å². The minimum absolute atomic E-state index is 0.0687. The standard InChI is InChI=1S/C29H29BrO2/c1-29(2,3)20-11-8-19(9-12-20)27-17-24(25-16-21(30)13-15-26(25)32-27)23-14-10-18-6-4-5-7-22(18)28(23)31/h8-17,24,31H,4-7H2,1-3H3. The Hall–Kier alpha value is -2.52. The van der Waals surface area contributed by atoms with E-state index in [9.17, 15) is 5.11 Å². The van der Waals surface area contributed by atoms with E-state index in [0.717, 1.165) is 57.5 Å². The van der Waals surface area contributed by atoms with E-state index in [2.05, 4.69) is 85.2 Å². The Bertz CT molecular complexity index is 1200. The predicted octanol–water partition coefficient (Wildman–Crippen LogP) is 7.90. The Kier molecular flexibility index (Phi) is 5.41. The second kappa shape index (κ2) is 8.12. The number of hydrogen-bond donors (Lipinski definition) is 1. The van der Waals surface area contributed by atoms with Gasteiger partial charge in [0.1, 0.15) is 17.3 Å². The number of allylic oxidation sites excluding steroid dienone is 1. The summed E-state index contributed by atoms with van der Waals surface area (Å²) in [5, 5.41) is 11.3. The molecule has 0 saturated carbocycles. The second-order valence-corrected chi connectivity index (χ2v) is 10.9. The number of halogens is 1. The van der Waals surface area contributed by atoms with Crippen molar-refractivity contribution < 1.29 is 9.84 Å². The lowest BCUT2D eigenvalue weighted by atomic mass is 9.82. The molecule has 0 bridgehead atoms. The highest BCUT2D eigenvalue weighted by atomic mass is 79.9. The number of rotatable bonds is 2. The molecule has 0 fully saturated rings. The van der Waals surface area contributed by atoms with Gasteiger partial charge in [-0.1, -0.05) is 73.1 Å². The van der Waals surface area contributed by atoms with Crippen LogP contribution in [0.2, 0.25) is 0 Å². The van der Waals surface area contributed by atoms with Crippen LogP contribution in [0.1, 0.15) is 72.9 Å². The third-order valence-electron chi connectivity index (χ3n) is 6.75. The number of phenolic OH excluding ortho intramolecular Hbond substituents is 1. The molecule has 3 heteroatoms. The van der Waals surface area contributed by atoms with E-state index in [1.165, 1.54) is 17.5 Å². The fraction of sp³-hybridized carbons (Fsp3) is 0.310. The lowest BCUT2D eigenvalue weighted by molar-refractivity contribution is 0.450. The molecule has 2 aliphatic rings. The van der Waals surface area contributed by atoms with Gasteiger partial charge in [0.2, 0.25) is 0 Å². The van der Waals surface area contributed by atoms with E-state index in [4.69, 9.17) is 4.74 Å². The summed E-state index contributed by atoms with van der Waals surface area (Å²) >= 11 is 3.62. The van der Waals surface area contributed by atoms with Crippen molar-refractivity contribution in [2.45, 2.75) is 57.8 Å². The zero-order valence-corrected chi connectivity index (χ0v) is 20.5. The Morgan fingerprint density at radius 3 is 2.41 bits per heavy atom. The van der Waals surface area contributed by atoms with Gasteiger partial charge in [-0.3, -0.25) is 0 Å². The van der Waals surface area contributed by atoms with Crippen LogP contribution in [0.4, 0.5) is 0 Å². The highest BCUT2D eigenvalue weighted by Gasteiger charge is 2.28. The molecule has 0 saturated heterocycles. The first-order valence-corrected chi connectivity index (χ1v) is 12.2. The maximum Gasteiger partial charge on any atom is 0.131 e. The van der Waals surface area contributed by atoms with E-state index < -0.39 is 0 Å². The largest absolute Gasteiger partial charge is 0.507 e. The molecule has 1 aliphatic carbocycles. The average molecular weight is 489 g/mol. The maximum absolute atomic E-state index is 11.3. The molecule has 1 atom stereocenters. The molecule has 0 aromatic heterocycles. The van der Waals surface area contributed by atoms with Crippen molar-refractivity contribution >= 4 is 21.7 Å². The first-order valence-electron chi connectivity index (χ1n) is 11.4. The van der Waals surface area contributed by atoms with Gasteiger partial charge in [-0.05, 0) is 72.1 Å². The van der Waals surface area contributed by atoms with E-state index in [1.807, 2.05) is 12.1 Å². The quantitative estimate of drug-likeness (QED) is 0.397. The number of phenols is 1. The van der Waals surface area contributed by atoms with Crippen molar-refractivity contribution in [2.24, 2.45) is 0 Å². The molecule has 1 aliphatic heterocycles. The minimum atomic E-state index is -0.0687. The molecule has 32 heavy (non-hydrogen) atoms. The monoisotopic (exact) mass is 488 g/mol. The molecule has 164 valence electrons. The van der Waals surface area contributed by atoms with Crippen LogP contribution in [0.15, 0.2) is 65.1 Å². The minimum Gasteiger partial charge on any atom is -0.507 e. The Morgan fingerprint density at radius 1 is 0.906 bits per heavy atom. The van der Waals surface area contributed by atoms with Gasteiger partial charge in [-0.15, -0.1) is 0 Å². The normalized spacial score (nSPS) is 17.8. The van der Waals surface area contributed by atoms with E-state index in [0.29, 0.717) is 5.75 Å². The van der Waals surface area contributed by atoms with Gasteiger partial charge in [-0.2, -0.15) is 0 Å². The molecular formula is C29H29BrO2. The molecule has 1 N–H and O–H groups in total. The van der Waals surface area contributed by atoms with Crippen molar-refractivity contribution in [3.63, 3.8) is 0 Å². The van der Waals surface area contributed by atoms with Crippen LogP contribution in [0.3, 0.4) is 0 Å². The van der Waals surface area contributed by atoms with Crippen molar-refractivity contribution in [3.05, 3.63) is 98.5 Å². The van der Waals surface area contributed by atoms with E-state index in [-0.39, 0.29) is 11.3 Å². The number of aromatic hydroxyl groups is 1. The van der Waals surface area contributed by atoms with Gasteiger partial charge in [0.15, 0.2) is 0 Å². The summed E-state index contributed by atoms with van der Waals surface area (Å²) in [5.74, 6) is 2.06. The van der Waals surface area contributed by atoms with Gasteiger partial charge in [0.25, 0.3) is 0 Å². The average Bonchev–Trinajstić information content (AvgIpc) is 2.78. The number of fused-ring (bicyclic) bond motifs is 2. The Morgan fingerprint density at radius 2 is 1.66 bits per heavy atom. The van der Waals surface area contributed by atoms with Gasteiger partial charge in [0.05, 0.1) is 0 Å². The third kappa shape index (κ3) is 3.88. The molecule has 0 spiro atoms. The molecule has 3 aromatic rings. The van der Waals surface area contributed by atoms with Crippen LogP contribution in [0.25, 0.3) is 5.76 Å². The summed E-state index contributed by atoms with van der Waals surface area (Å²) in [6, 6.07) is 19.1. The van der Waals surface area contributed by atoms with Crippen molar-refractivity contribution in [1.29, 1.82) is 0 Å². The van der Waals surface area contributed by atoms with Crippen LogP contribution >= 0.6 is 15.9 Å². The summed E-state index contributed by atoms with van der Waals surface area (Å²) in [6.45, 7) is 6.67. The second-order valence-electron chi connectivity index (χ2n) is 9.97. The third-order valence-corrected chi connectivity index (χ3v) is 7.24. The fourth-order valence-electron chi connectivity index (χ4n) is 4.87. The molecule has 0 radical (unpaired) electrons. The van der Waals surface area contributed by atoms with Crippen LogP contribution in [0.5, 0.6) is 11.5 Å². The Labute approximate surface area is 199 Å². The zero-order valence-electron chi connectivity index (χ0n) is 18.9. The highest BCUT2D eigenvalue weighted by Crippen LogP contribution is 2.46. The molecule has 1 unspecified atom stereocenters. The molecule has 2 nitrogen and oxygen atoms in total. The maximum atomic E-state index is 11.3. The predicted molar refractivity (Wildman–Crippen MR) is 134 cm³/mol. The van der Waals surface area contributed by atoms with Crippen molar-refractivity contribution in [1.82, 2.24) is 0 Å². The lowest BCUT2D eigenvalue weighted by Crippen LogP contribution is -2.13. The van der Waals surface area contributed by atoms with Crippen LogP contribution in [-0.2, 0) is 18.3 Å². The number of benzene rings is 3. The number of ether oxygens (including phenoxy) is 1. The first kappa shape index (κ1) is 21.3. The zero-order chi connectivity index (χ0) is 22.5. The van der Waals surface area contributed by atoms with Crippen molar-refractivity contribution in [2.75, 3.05) is 0 Å². The molecule has 1 heterocycles. The SMILES string of the molecule is CC(C)(C)c1ccc(C2=CC(c3ccc4c(c3O)CCCC4)c3cc(Br)ccc3O2)cc1.